The summed E-state index contributed by atoms with van der Waals surface area (Å²) in [5.41, 5.74) is 0. The lowest BCUT2D eigenvalue weighted by atomic mass is 9.85. The van der Waals surface area contributed by atoms with Gasteiger partial charge < -0.3 is 10.0 Å². The van der Waals surface area contributed by atoms with Crippen LogP contribution in [0.4, 0.5) is 0 Å². The molecule has 3 heteroatoms. The van der Waals surface area contributed by atoms with E-state index in [0.29, 0.717) is 24.8 Å². The van der Waals surface area contributed by atoms with Gasteiger partial charge in [0.15, 0.2) is 0 Å². The van der Waals surface area contributed by atoms with Crippen LogP contribution in [0.25, 0.3) is 0 Å². The third-order valence-electron chi connectivity index (χ3n) is 3.51. The van der Waals surface area contributed by atoms with Gasteiger partial charge in [0.25, 0.3) is 0 Å². The van der Waals surface area contributed by atoms with E-state index in [4.69, 9.17) is 5.11 Å². The molecule has 0 radical (unpaired) electrons. The van der Waals surface area contributed by atoms with Crippen molar-refractivity contribution in [2.75, 3.05) is 13.7 Å². The summed E-state index contributed by atoms with van der Waals surface area (Å²) >= 11 is 0. The third kappa shape index (κ3) is 3.49. The molecule has 0 saturated heterocycles. The fourth-order valence-corrected chi connectivity index (χ4v) is 2.46. The molecule has 1 aliphatic rings. The topological polar surface area (TPSA) is 40.5 Å². The Labute approximate surface area is 92.5 Å². The van der Waals surface area contributed by atoms with Crippen LogP contribution in [0.2, 0.25) is 0 Å². The average Bonchev–Trinajstić information content (AvgIpc) is 2.25. The van der Waals surface area contributed by atoms with Gasteiger partial charge in [0.05, 0.1) is 0 Å². The lowest BCUT2D eigenvalue weighted by molar-refractivity contribution is -0.133. The van der Waals surface area contributed by atoms with Gasteiger partial charge >= 0.3 is 0 Å². The second kappa shape index (κ2) is 6.11. The van der Waals surface area contributed by atoms with Crippen LogP contribution in [-0.2, 0) is 4.79 Å². The Balaban J connectivity index is 2.42. The standard InChI is InChI=1S/C12H23NO2/c1-10-6-3-4-7-11(10)13(2)12(15)8-5-9-14/h10-11,14H,3-9H2,1-2H3. The number of carbonyl (C=O) groups is 1. The van der Waals surface area contributed by atoms with E-state index in [1.165, 1.54) is 19.3 Å². The largest absolute Gasteiger partial charge is 0.396 e. The molecular weight excluding hydrogens is 190 g/mol. The van der Waals surface area contributed by atoms with Crippen LogP contribution in [0.5, 0.6) is 0 Å². The minimum Gasteiger partial charge on any atom is -0.396 e. The Morgan fingerprint density at radius 3 is 2.67 bits per heavy atom. The van der Waals surface area contributed by atoms with E-state index < -0.39 is 0 Å². The van der Waals surface area contributed by atoms with Crippen molar-refractivity contribution in [1.82, 2.24) is 4.90 Å². The minimum atomic E-state index is 0.111. The Bertz CT molecular complexity index is 206. The molecule has 15 heavy (non-hydrogen) atoms. The predicted octanol–water partition coefficient (Wildman–Crippen LogP) is 1.80. The van der Waals surface area contributed by atoms with Gasteiger partial charge in [0.2, 0.25) is 5.91 Å². The number of hydrogen-bond acceptors (Lipinski definition) is 2. The molecule has 0 aliphatic heterocycles. The van der Waals surface area contributed by atoms with Crippen LogP contribution in [0, 0.1) is 5.92 Å². The van der Waals surface area contributed by atoms with Crippen molar-refractivity contribution in [3.8, 4) is 0 Å². The zero-order valence-corrected chi connectivity index (χ0v) is 9.91. The van der Waals surface area contributed by atoms with Crippen molar-refractivity contribution < 1.29 is 9.90 Å². The molecule has 0 aromatic carbocycles. The van der Waals surface area contributed by atoms with E-state index in [-0.39, 0.29) is 12.5 Å². The molecule has 2 unspecified atom stereocenters. The zero-order chi connectivity index (χ0) is 11.3. The summed E-state index contributed by atoms with van der Waals surface area (Å²) in [4.78, 5) is 13.7. The number of rotatable bonds is 4. The molecule has 0 aromatic rings. The van der Waals surface area contributed by atoms with Gasteiger partial charge in [-0.2, -0.15) is 0 Å². The fraction of sp³-hybridized carbons (Fsp3) is 0.917. The normalized spacial score (nSPS) is 26.3. The monoisotopic (exact) mass is 213 g/mol. The summed E-state index contributed by atoms with van der Waals surface area (Å²) in [5.74, 6) is 0.810. The molecule has 3 nitrogen and oxygen atoms in total. The van der Waals surface area contributed by atoms with Crippen LogP contribution in [0.1, 0.15) is 45.4 Å². The van der Waals surface area contributed by atoms with E-state index in [1.807, 2.05) is 11.9 Å². The highest BCUT2D eigenvalue weighted by Crippen LogP contribution is 2.27. The van der Waals surface area contributed by atoms with Gasteiger partial charge in [-0.15, -0.1) is 0 Å². The van der Waals surface area contributed by atoms with E-state index in [9.17, 15) is 4.79 Å². The predicted molar refractivity (Wildman–Crippen MR) is 60.5 cm³/mol. The molecule has 1 N–H and O–H groups in total. The molecular formula is C12H23NO2. The molecule has 0 bridgehead atoms. The number of aliphatic hydroxyl groups is 1. The van der Waals surface area contributed by atoms with Crippen LogP contribution in [0.15, 0.2) is 0 Å². The number of carbonyl (C=O) groups excluding carboxylic acids is 1. The molecule has 1 amide bonds. The lowest BCUT2D eigenvalue weighted by Gasteiger charge is -2.36. The Hall–Kier alpha value is -0.570. The third-order valence-corrected chi connectivity index (χ3v) is 3.51. The van der Waals surface area contributed by atoms with E-state index in [1.54, 1.807) is 0 Å². The Morgan fingerprint density at radius 2 is 2.07 bits per heavy atom. The Morgan fingerprint density at radius 1 is 1.40 bits per heavy atom. The van der Waals surface area contributed by atoms with Gasteiger partial charge in [-0.1, -0.05) is 19.8 Å². The first-order chi connectivity index (χ1) is 7.16. The van der Waals surface area contributed by atoms with Crippen molar-refractivity contribution in [2.24, 2.45) is 5.92 Å². The first-order valence-electron chi connectivity index (χ1n) is 6.03. The summed E-state index contributed by atoms with van der Waals surface area (Å²) in [7, 11) is 1.91. The summed E-state index contributed by atoms with van der Waals surface area (Å²) in [6, 6.07) is 0.421. The maximum atomic E-state index is 11.8. The quantitative estimate of drug-likeness (QED) is 0.773. The number of aliphatic hydroxyl groups excluding tert-OH is 1. The van der Waals surface area contributed by atoms with Gasteiger partial charge in [-0.3, -0.25) is 4.79 Å². The summed E-state index contributed by atoms with van der Waals surface area (Å²) in [6.07, 6.45) is 5.99. The first-order valence-corrected chi connectivity index (χ1v) is 6.03. The van der Waals surface area contributed by atoms with Crippen LogP contribution >= 0.6 is 0 Å². The summed E-state index contributed by atoms with van der Waals surface area (Å²) < 4.78 is 0. The van der Waals surface area contributed by atoms with Crippen molar-refractivity contribution in [3.05, 3.63) is 0 Å². The van der Waals surface area contributed by atoms with Gasteiger partial charge in [-0.05, 0) is 25.2 Å². The van der Waals surface area contributed by atoms with Crippen LogP contribution in [0.3, 0.4) is 0 Å². The van der Waals surface area contributed by atoms with Crippen molar-refractivity contribution in [3.63, 3.8) is 0 Å². The molecule has 1 fully saturated rings. The first kappa shape index (κ1) is 12.5. The molecule has 0 aromatic heterocycles. The second-order valence-corrected chi connectivity index (χ2v) is 4.66. The Kier molecular flexibility index (Phi) is 5.09. The van der Waals surface area contributed by atoms with E-state index in [0.717, 1.165) is 6.42 Å². The van der Waals surface area contributed by atoms with Gasteiger partial charge in [0.1, 0.15) is 0 Å². The molecule has 1 saturated carbocycles. The second-order valence-electron chi connectivity index (χ2n) is 4.66. The summed E-state index contributed by atoms with van der Waals surface area (Å²) in [5, 5.41) is 8.69. The van der Waals surface area contributed by atoms with Crippen molar-refractivity contribution in [2.45, 2.75) is 51.5 Å². The SMILES string of the molecule is CC1CCCCC1N(C)C(=O)CCCO. The number of hydrogen-bond donors (Lipinski definition) is 1. The van der Waals surface area contributed by atoms with Crippen LogP contribution < -0.4 is 0 Å². The maximum Gasteiger partial charge on any atom is 0.222 e. The molecule has 2 atom stereocenters. The minimum absolute atomic E-state index is 0.111. The highest BCUT2D eigenvalue weighted by atomic mass is 16.3. The number of amides is 1. The summed E-state index contributed by atoms with van der Waals surface area (Å²) in [6.45, 7) is 2.35. The molecule has 1 aliphatic carbocycles. The molecule has 88 valence electrons. The molecule has 0 spiro atoms. The average molecular weight is 213 g/mol. The van der Waals surface area contributed by atoms with E-state index >= 15 is 0 Å². The highest BCUT2D eigenvalue weighted by Gasteiger charge is 2.27. The van der Waals surface area contributed by atoms with Crippen LogP contribution in [-0.4, -0.2) is 35.6 Å². The smallest absolute Gasteiger partial charge is 0.222 e. The lowest BCUT2D eigenvalue weighted by Crippen LogP contribution is -2.42. The van der Waals surface area contributed by atoms with Gasteiger partial charge in [-0.25, -0.2) is 0 Å². The fourth-order valence-electron chi connectivity index (χ4n) is 2.46. The van der Waals surface area contributed by atoms with Gasteiger partial charge in [0, 0.05) is 26.1 Å². The highest BCUT2D eigenvalue weighted by molar-refractivity contribution is 5.76. The van der Waals surface area contributed by atoms with E-state index in [2.05, 4.69) is 6.92 Å². The maximum absolute atomic E-state index is 11.8. The molecule has 0 heterocycles. The van der Waals surface area contributed by atoms with Crippen molar-refractivity contribution in [1.29, 1.82) is 0 Å². The number of nitrogens with zero attached hydrogens (tertiary/aromatic N) is 1. The van der Waals surface area contributed by atoms with Crippen molar-refractivity contribution >= 4 is 5.91 Å². The zero-order valence-electron chi connectivity index (χ0n) is 9.91. The molecule has 1 rings (SSSR count).